The predicted octanol–water partition coefficient (Wildman–Crippen LogP) is 3.66. The van der Waals surface area contributed by atoms with Gasteiger partial charge in [0.25, 0.3) is 0 Å². The summed E-state index contributed by atoms with van der Waals surface area (Å²) in [5.74, 6) is 0.253. The number of hydrogen-bond acceptors (Lipinski definition) is 4. The van der Waals surface area contributed by atoms with E-state index in [0.29, 0.717) is 5.56 Å². The maximum atomic E-state index is 13.0. The number of aromatic nitrogens is 1. The highest BCUT2D eigenvalue weighted by Gasteiger charge is 2.22. The van der Waals surface area contributed by atoms with Gasteiger partial charge >= 0.3 is 5.97 Å². The largest absolute Gasteiger partial charge is 0.496 e. The fourth-order valence-corrected chi connectivity index (χ4v) is 3.34. The van der Waals surface area contributed by atoms with Crippen LogP contribution in [0.5, 0.6) is 5.75 Å². The fourth-order valence-electron chi connectivity index (χ4n) is 3.34. The summed E-state index contributed by atoms with van der Waals surface area (Å²) in [6.07, 6.45) is 1.68. The summed E-state index contributed by atoms with van der Waals surface area (Å²) in [7, 11) is 4.74. The van der Waals surface area contributed by atoms with Gasteiger partial charge in [-0.3, -0.25) is 4.79 Å². The normalized spacial score (nSPS) is 11.9. The topological polar surface area (TPSA) is 60.8 Å². The minimum atomic E-state index is -0.418. The molecular formula is C22H24N2O4. The first-order chi connectivity index (χ1) is 13.5. The Hall–Kier alpha value is -3.28. The number of rotatable bonds is 6. The summed E-state index contributed by atoms with van der Waals surface area (Å²) in [4.78, 5) is 26.7. The predicted molar refractivity (Wildman–Crippen MR) is 107 cm³/mol. The van der Waals surface area contributed by atoms with Crippen LogP contribution in [0.25, 0.3) is 10.9 Å². The van der Waals surface area contributed by atoms with E-state index in [2.05, 4.69) is 0 Å². The number of ether oxygens (including phenoxy) is 2. The first kappa shape index (κ1) is 19.5. The molecule has 0 bridgehead atoms. The zero-order valence-corrected chi connectivity index (χ0v) is 16.5. The molecule has 0 N–H and O–H groups in total. The second-order valence-corrected chi connectivity index (χ2v) is 6.60. The number of carbonyl (C=O) groups is 2. The van der Waals surface area contributed by atoms with Gasteiger partial charge in [-0.25, -0.2) is 4.79 Å². The molecule has 0 radical (unpaired) electrons. The zero-order chi connectivity index (χ0) is 20.3. The summed E-state index contributed by atoms with van der Waals surface area (Å²) in [5.41, 5.74) is 2.20. The number of hydrogen-bond donors (Lipinski definition) is 0. The van der Waals surface area contributed by atoms with Crippen molar-refractivity contribution in [3.63, 3.8) is 0 Å². The number of methoxy groups -OCH3 is 2. The minimum absolute atomic E-state index is 0.0735. The van der Waals surface area contributed by atoms with Crippen molar-refractivity contribution in [1.29, 1.82) is 0 Å². The van der Waals surface area contributed by atoms with Crippen LogP contribution in [0.4, 0.5) is 0 Å². The lowest BCUT2D eigenvalue weighted by Crippen LogP contribution is -2.32. The van der Waals surface area contributed by atoms with Crippen molar-refractivity contribution in [2.45, 2.75) is 19.5 Å². The highest BCUT2D eigenvalue weighted by Crippen LogP contribution is 2.29. The number of fused-ring (bicyclic) bond motifs is 1. The monoisotopic (exact) mass is 380 g/mol. The van der Waals surface area contributed by atoms with E-state index in [0.717, 1.165) is 22.2 Å². The molecule has 3 aromatic rings. The van der Waals surface area contributed by atoms with Crippen LogP contribution in [-0.4, -0.2) is 42.6 Å². The summed E-state index contributed by atoms with van der Waals surface area (Å²) in [6, 6.07) is 15.0. The van der Waals surface area contributed by atoms with Gasteiger partial charge in [-0.05, 0) is 19.1 Å². The minimum Gasteiger partial charge on any atom is -0.496 e. The Kier molecular flexibility index (Phi) is 5.68. The van der Waals surface area contributed by atoms with Gasteiger partial charge in [-0.15, -0.1) is 0 Å². The lowest BCUT2D eigenvalue weighted by Gasteiger charge is -2.27. The van der Waals surface area contributed by atoms with Crippen LogP contribution in [0.3, 0.4) is 0 Å². The smallest absolute Gasteiger partial charge is 0.340 e. The molecule has 2 aromatic carbocycles. The molecule has 0 aliphatic carbocycles. The second-order valence-electron chi connectivity index (χ2n) is 6.60. The number of para-hydroxylation sites is 2. The van der Waals surface area contributed by atoms with E-state index in [-0.39, 0.29) is 18.5 Å². The molecule has 1 aromatic heterocycles. The highest BCUT2D eigenvalue weighted by atomic mass is 16.5. The van der Waals surface area contributed by atoms with E-state index in [1.165, 1.54) is 7.11 Å². The standard InChI is InChI=1S/C22H24N2O4/c1-15(16-9-6-8-12-20(16)27-3)23(2)21(25)14-24-13-18(22(26)28-4)17-10-5-7-11-19(17)24/h5-13,15H,14H2,1-4H3. The van der Waals surface area contributed by atoms with E-state index in [1.54, 1.807) is 29.8 Å². The van der Waals surface area contributed by atoms with Gasteiger partial charge in [0.15, 0.2) is 0 Å². The van der Waals surface area contributed by atoms with Crippen LogP contribution < -0.4 is 4.74 Å². The maximum absolute atomic E-state index is 13.0. The van der Waals surface area contributed by atoms with Crippen LogP contribution in [0.2, 0.25) is 0 Å². The van der Waals surface area contributed by atoms with Gasteiger partial charge in [-0.2, -0.15) is 0 Å². The van der Waals surface area contributed by atoms with E-state index in [9.17, 15) is 9.59 Å². The van der Waals surface area contributed by atoms with E-state index < -0.39 is 5.97 Å². The average molecular weight is 380 g/mol. The summed E-state index contributed by atoms with van der Waals surface area (Å²) in [5, 5.41) is 0.766. The molecule has 1 amide bonds. The van der Waals surface area contributed by atoms with Crippen molar-refractivity contribution >= 4 is 22.8 Å². The van der Waals surface area contributed by atoms with Gasteiger partial charge in [0.2, 0.25) is 5.91 Å². The van der Waals surface area contributed by atoms with Crippen molar-refractivity contribution in [1.82, 2.24) is 9.47 Å². The third-order valence-electron chi connectivity index (χ3n) is 5.06. The van der Waals surface area contributed by atoms with Crippen molar-refractivity contribution in [3.8, 4) is 5.75 Å². The lowest BCUT2D eigenvalue weighted by atomic mass is 10.1. The maximum Gasteiger partial charge on any atom is 0.340 e. The van der Waals surface area contributed by atoms with Gasteiger partial charge in [0.1, 0.15) is 12.3 Å². The molecule has 0 saturated heterocycles. The summed E-state index contributed by atoms with van der Waals surface area (Å²) >= 11 is 0. The molecule has 0 fully saturated rings. The molecule has 0 aliphatic rings. The number of nitrogens with zero attached hydrogens (tertiary/aromatic N) is 2. The Balaban J connectivity index is 1.87. The summed E-state index contributed by atoms with van der Waals surface area (Å²) < 4.78 is 12.1. The van der Waals surface area contributed by atoms with Gasteiger partial charge < -0.3 is 18.9 Å². The first-order valence-corrected chi connectivity index (χ1v) is 9.02. The van der Waals surface area contributed by atoms with Crippen LogP contribution in [0, 0.1) is 0 Å². The van der Waals surface area contributed by atoms with Crippen LogP contribution >= 0.6 is 0 Å². The molecule has 0 aliphatic heterocycles. The highest BCUT2D eigenvalue weighted by molar-refractivity contribution is 6.04. The average Bonchev–Trinajstić information content (AvgIpc) is 3.10. The molecular weight excluding hydrogens is 356 g/mol. The number of amides is 1. The molecule has 1 heterocycles. The second kappa shape index (κ2) is 8.17. The lowest BCUT2D eigenvalue weighted by molar-refractivity contribution is -0.132. The van der Waals surface area contributed by atoms with E-state index in [4.69, 9.17) is 9.47 Å². The summed E-state index contributed by atoms with van der Waals surface area (Å²) in [6.45, 7) is 2.08. The Labute approximate surface area is 164 Å². The van der Waals surface area contributed by atoms with Crippen LogP contribution in [0.15, 0.2) is 54.7 Å². The molecule has 28 heavy (non-hydrogen) atoms. The molecule has 0 spiro atoms. The third kappa shape index (κ3) is 3.58. The molecule has 146 valence electrons. The Morgan fingerprint density at radius 2 is 1.75 bits per heavy atom. The van der Waals surface area contributed by atoms with Gasteiger partial charge in [-0.1, -0.05) is 36.4 Å². The number of carbonyl (C=O) groups excluding carboxylic acids is 2. The molecule has 0 saturated carbocycles. The quantitative estimate of drug-likeness (QED) is 0.613. The van der Waals surface area contributed by atoms with Crippen molar-refractivity contribution in [3.05, 3.63) is 65.9 Å². The number of esters is 1. The number of benzene rings is 2. The van der Waals surface area contributed by atoms with Crippen molar-refractivity contribution in [2.24, 2.45) is 0 Å². The molecule has 6 heteroatoms. The first-order valence-electron chi connectivity index (χ1n) is 9.02. The molecule has 3 rings (SSSR count). The van der Waals surface area contributed by atoms with Gasteiger partial charge in [0.05, 0.1) is 25.8 Å². The van der Waals surface area contributed by atoms with E-state index in [1.807, 2.05) is 55.5 Å². The molecule has 1 atom stereocenters. The SMILES string of the molecule is COC(=O)c1cn(CC(=O)N(C)C(C)c2ccccc2OC)c2ccccc12. The Bertz CT molecular complexity index is 1010. The Morgan fingerprint density at radius 1 is 1.07 bits per heavy atom. The molecule has 6 nitrogen and oxygen atoms in total. The molecule has 1 unspecified atom stereocenters. The van der Waals surface area contributed by atoms with Crippen LogP contribution in [-0.2, 0) is 16.1 Å². The number of likely N-dealkylation sites (N-methyl/N-ethyl adjacent to an activating group) is 1. The third-order valence-corrected chi connectivity index (χ3v) is 5.06. The van der Waals surface area contributed by atoms with E-state index >= 15 is 0 Å². The van der Waals surface area contributed by atoms with Crippen molar-refractivity contribution < 1.29 is 19.1 Å². The fraction of sp³-hybridized carbons (Fsp3) is 0.273. The zero-order valence-electron chi connectivity index (χ0n) is 16.5. The van der Waals surface area contributed by atoms with Gasteiger partial charge in [0, 0.05) is 29.7 Å². The van der Waals surface area contributed by atoms with Crippen molar-refractivity contribution in [2.75, 3.05) is 21.3 Å². The van der Waals surface area contributed by atoms with Crippen LogP contribution in [0.1, 0.15) is 28.9 Å². The Morgan fingerprint density at radius 3 is 2.46 bits per heavy atom.